The Bertz CT molecular complexity index is 825. The fourth-order valence-corrected chi connectivity index (χ4v) is 2.87. The van der Waals surface area contributed by atoms with Crippen LogP contribution < -0.4 is 14.8 Å². The Balaban J connectivity index is 1.59. The van der Waals surface area contributed by atoms with E-state index in [0.29, 0.717) is 35.2 Å². The molecule has 0 aromatic heterocycles. The van der Waals surface area contributed by atoms with Gasteiger partial charge in [-0.3, -0.25) is 9.59 Å². The van der Waals surface area contributed by atoms with Crippen molar-refractivity contribution in [3.05, 3.63) is 58.6 Å². The molecule has 1 aliphatic rings. The zero-order chi connectivity index (χ0) is 18.5. The second kappa shape index (κ2) is 8.10. The maximum atomic E-state index is 12.5. The molecular formula is C19H19ClN2O4. The van der Waals surface area contributed by atoms with Gasteiger partial charge in [0.05, 0.1) is 17.1 Å². The molecule has 7 heteroatoms. The summed E-state index contributed by atoms with van der Waals surface area (Å²) in [5, 5.41) is 2.97. The van der Waals surface area contributed by atoms with Crippen molar-refractivity contribution in [2.75, 3.05) is 19.9 Å². The molecule has 2 aromatic carbocycles. The molecule has 2 amide bonds. The summed E-state index contributed by atoms with van der Waals surface area (Å²) in [6.45, 7) is 2.95. The number of amides is 2. The van der Waals surface area contributed by atoms with Crippen LogP contribution >= 0.6 is 11.6 Å². The highest BCUT2D eigenvalue weighted by Gasteiger charge is 2.18. The van der Waals surface area contributed by atoms with Gasteiger partial charge < -0.3 is 19.7 Å². The normalized spacial score (nSPS) is 11.9. The third-order valence-electron chi connectivity index (χ3n) is 4.06. The van der Waals surface area contributed by atoms with Crippen molar-refractivity contribution in [2.24, 2.45) is 0 Å². The summed E-state index contributed by atoms with van der Waals surface area (Å²) >= 11 is 6.00. The van der Waals surface area contributed by atoms with Crippen LogP contribution in [0.2, 0.25) is 5.02 Å². The highest BCUT2D eigenvalue weighted by Crippen LogP contribution is 2.32. The van der Waals surface area contributed by atoms with Crippen LogP contribution in [-0.4, -0.2) is 36.6 Å². The average molecular weight is 375 g/mol. The molecule has 0 unspecified atom stereocenters. The van der Waals surface area contributed by atoms with Crippen LogP contribution in [0.15, 0.2) is 42.5 Å². The van der Waals surface area contributed by atoms with E-state index < -0.39 is 0 Å². The van der Waals surface area contributed by atoms with Gasteiger partial charge in [-0.05, 0) is 36.8 Å². The SMILES string of the molecule is CCN(Cc1ccc2c(c1)OCO2)C(=O)CNC(=O)c1ccccc1Cl. The lowest BCUT2D eigenvalue weighted by Gasteiger charge is -2.21. The van der Waals surface area contributed by atoms with Crippen molar-refractivity contribution in [3.8, 4) is 11.5 Å². The van der Waals surface area contributed by atoms with Gasteiger partial charge in [-0.15, -0.1) is 0 Å². The standard InChI is InChI=1S/C19H19ClN2O4/c1-2-22(11-13-7-8-16-17(9-13)26-12-25-16)18(23)10-21-19(24)14-5-3-4-6-15(14)20/h3-9H,2,10-12H2,1H3,(H,21,24). The number of fused-ring (bicyclic) bond motifs is 1. The highest BCUT2D eigenvalue weighted by atomic mass is 35.5. The largest absolute Gasteiger partial charge is 0.454 e. The van der Waals surface area contributed by atoms with E-state index in [9.17, 15) is 9.59 Å². The molecule has 26 heavy (non-hydrogen) atoms. The molecule has 0 saturated heterocycles. The van der Waals surface area contributed by atoms with Gasteiger partial charge in [-0.2, -0.15) is 0 Å². The summed E-state index contributed by atoms with van der Waals surface area (Å²) in [4.78, 5) is 26.3. The lowest BCUT2D eigenvalue weighted by molar-refractivity contribution is -0.130. The molecule has 0 fully saturated rings. The first-order valence-corrected chi connectivity index (χ1v) is 8.65. The minimum atomic E-state index is -0.372. The van der Waals surface area contributed by atoms with Crippen LogP contribution in [0.3, 0.4) is 0 Å². The van der Waals surface area contributed by atoms with E-state index in [1.165, 1.54) is 0 Å². The molecule has 3 rings (SSSR count). The maximum Gasteiger partial charge on any atom is 0.253 e. The number of ether oxygens (including phenoxy) is 2. The van der Waals surface area contributed by atoms with Crippen LogP contribution in [0.25, 0.3) is 0 Å². The highest BCUT2D eigenvalue weighted by molar-refractivity contribution is 6.33. The third kappa shape index (κ3) is 4.08. The predicted molar refractivity (Wildman–Crippen MR) is 97.4 cm³/mol. The number of rotatable bonds is 6. The quantitative estimate of drug-likeness (QED) is 0.844. The van der Waals surface area contributed by atoms with Crippen molar-refractivity contribution >= 4 is 23.4 Å². The number of carbonyl (C=O) groups excluding carboxylic acids is 2. The first-order chi connectivity index (χ1) is 12.6. The average Bonchev–Trinajstić information content (AvgIpc) is 3.12. The maximum absolute atomic E-state index is 12.5. The van der Waals surface area contributed by atoms with Gasteiger partial charge >= 0.3 is 0 Å². The third-order valence-corrected chi connectivity index (χ3v) is 4.39. The van der Waals surface area contributed by atoms with E-state index in [1.807, 2.05) is 25.1 Å². The molecular weight excluding hydrogens is 356 g/mol. The fraction of sp³-hybridized carbons (Fsp3) is 0.263. The van der Waals surface area contributed by atoms with Crippen molar-refractivity contribution in [3.63, 3.8) is 0 Å². The molecule has 0 atom stereocenters. The van der Waals surface area contributed by atoms with E-state index in [2.05, 4.69) is 5.32 Å². The molecule has 1 aliphatic heterocycles. The summed E-state index contributed by atoms with van der Waals surface area (Å²) in [6, 6.07) is 12.3. The first kappa shape index (κ1) is 18.1. The topological polar surface area (TPSA) is 67.9 Å². The fourth-order valence-electron chi connectivity index (χ4n) is 2.64. The first-order valence-electron chi connectivity index (χ1n) is 8.27. The molecule has 0 radical (unpaired) electrons. The second-order valence-electron chi connectivity index (χ2n) is 5.76. The molecule has 0 spiro atoms. The zero-order valence-corrected chi connectivity index (χ0v) is 15.1. The molecule has 0 bridgehead atoms. The van der Waals surface area contributed by atoms with E-state index in [1.54, 1.807) is 29.2 Å². The molecule has 1 heterocycles. The monoisotopic (exact) mass is 374 g/mol. The second-order valence-corrected chi connectivity index (χ2v) is 6.17. The number of benzene rings is 2. The molecule has 136 valence electrons. The van der Waals surface area contributed by atoms with Crippen molar-refractivity contribution in [1.29, 1.82) is 0 Å². The number of likely N-dealkylation sites (N-methyl/N-ethyl adjacent to an activating group) is 1. The number of carbonyl (C=O) groups is 2. The van der Waals surface area contributed by atoms with Crippen LogP contribution in [0.5, 0.6) is 11.5 Å². The van der Waals surface area contributed by atoms with Gasteiger partial charge in [-0.1, -0.05) is 29.8 Å². The molecule has 0 aliphatic carbocycles. The molecule has 2 aromatic rings. The van der Waals surface area contributed by atoms with Crippen LogP contribution in [0.4, 0.5) is 0 Å². The van der Waals surface area contributed by atoms with E-state index in [0.717, 1.165) is 5.56 Å². The molecule has 6 nitrogen and oxygen atoms in total. The summed E-state index contributed by atoms with van der Waals surface area (Å²) in [5.41, 5.74) is 1.28. The van der Waals surface area contributed by atoms with Gasteiger partial charge in [0.15, 0.2) is 11.5 Å². The number of nitrogens with one attached hydrogen (secondary N) is 1. The minimum Gasteiger partial charge on any atom is -0.454 e. The van der Waals surface area contributed by atoms with Gasteiger partial charge in [0, 0.05) is 13.1 Å². The Morgan fingerprint density at radius 2 is 1.92 bits per heavy atom. The van der Waals surface area contributed by atoms with Crippen LogP contribution in [0, 0.1) is 0 Å². The van der Waals surface area contributed by atoms with Crippen molar-refractivity contribution in [1.82, 2.24) is 10.2 Å². The predicted octanol–water partition coefficient (Wildman–Crippen LogP) is 2.85. The number of halogens is 1. The minimum absolute atomic E-state index is 0.0948. The van der Waals surface area contributed by atoms with Gasteiger partial charge in [0.25, 0.3) is 5.91 Å². The summed E-state index contributed by atoms with van der Waals surface area (Å²) < 4.78 is 10.6. The van der Waals surface area contributed by atoms with Gasteiger partial charge in [0.1, 0.15) is 0 Å². The lowest BCUT2D eigenvalue weighted by Crippen LogP contribution is -2.39. The van der Waals surface area contributed by atoms with Gasteiger partial charge in [0.2, 0.25) is 12.7 Å². The van der Waals surface area contributed by atoms with E-state index in [4.69, 9.17) is 21.1 Å². The lowest BCUT2D eigenvalue weighted by atomic mass is 10.2. The van der Waals surface area contributed by atoms with Crippen molar-refractivity contribution in [2.45, 2.75) is 13.5 Å². The molecule has 1 N–H and O–H groups in total. The van der Waals surface area contributed by atoms with E-state index >= 15 is 0 Å². The van der Waals surface area contributed by atoms with Crippen molar-refractivity contribution < 1.29 is 19.1 Å². The van der Waals surface area contributed by atoms with Crippen LogP contribution in [0.1, 0.15) is 22.8 Å². The Morgan fingerprint density at radius 1 is 1.15 bits per heavy atom. The van der Waals surface area contributed by atoms with Crippen LogP contribution in [-0.2, 0) is 11.3 Å². The Morgan fingerprint density at radius 3 is 2.69 bits per heavy atom. The zero-order valence-electron chi connectivity index (χ0n) is 14.3. The number of hydrogen-bond donors (Lipinski definition) is 1. The summed E-state index contributed by atoms with van der Waals surface area (Å²) in [7, 11) is 0. The van der Waals surface area contributed by atoms with Gasteiger partial charge in [-0.25, -0.2) is 0 Å². The smallest absolute Gasteiger partial charge is 0.253 e. The summed E-state index contributed by atoms with van der Waals surface area (Å²) in [5.74, 6) is 0.835. The molecule has 0 saturated carbocycles. The van der Waals surface area contributed by atoms with E-state index in [-0.39, 0.29) is 25.2 Å². The Labute approximate surface area is 156 Å². The summed E-state index contributed by atoms with van der Waals surface area (Å²) in [6.07, 6.45) is 0. The number of nitrogens with zero attached hydrogens (tertiary/aromatic N) is 1. The number of hydrogen-bond acceptors (Lipinski definition) is 4. The Hall–Kier alpha value is -2.73. The Kier molecular flexibility index (Phi) is 5.63.